The van der Waals surface area contributed by atoms with E-state index in [1.54, 1.807) is 0 Å². The van der Waals surface area contributed by atoms with E-state index < -0.39 is 0 Å². The van der Waals surface area contributed by atoms with Crippen LogP contribution in [-0.4, -0.2) is 35.1 Å². The van der Waals surface area contributed by atoms with Crippen LogP contribution in [0.15, 0.2) is 58.8 Å². The second kappa shape index (κ2) is 15.7. The summed E-state index contributed by atoms with van der Waals surface area (Å²) in [4.78, 5) is 0. The van der Waals surface area contributed by atoms with Gasteiger partial charge in [-0.15, -0.1) is 0 Å². The van der Waals surface area contributed by atoms with Gasteiger partial charge in [0.25, 0.3) is 0 Å². The summed E-state index contributed by atoms with van der Waals surface area (Å²) in [5, 5.41) is 25.9. The predicted molar refractivity (Wildman–Crippen MR) is 133 cm³/mol. The molecule has 0 heterocycles. The lowest BCUT2D eigenvalue weighted by atomic mass is 10.0. The van der Waals surface area contributed by atoms with E-state index in [1.807, 2.05) is 48.5 Å². The van der Waals surface area contributed by atoms with Crippen LogP contribution in [0.2, 0.25) is 0 Å². The lowest BCUT2D eigenvalue weighted by molar-refractivity contribution is 0.306. The van der Waals surface area contributed by atoms with Crippen molar-refractivity contribution in [2.75, 3.05) is 13.2 Å². The quantitative estimate of drug-likeness (QED) is 0.123. The Labute approximate surface area is 197 Å². The molecule has 0 atom stereocenters. The molecule has 0 aliphatic carbocycles. The van der Waals surface area contributed by atoms with Crippen LogP contribution < -0.4 is 9.47 Å². The first kappa shape index (κ1) is 26.2. The Kier molecular flexibility index (Phi) is 12.5. The highest BCUT2D eigenvalue weighted by atomic mass is 16.5. The highest BCUT2D eigenvalue weighted by Crippen LogP contribution is 2.18. The molecule has 0 aliphatic rings. The monoisotopic (exact) mass is 454 g/mol. The van der Waals surface area contributed by atoms with Crippen LogP contribution in [0.5, 0.6) is 11.5 Å². The molecule has 0 aliphatic heterocycles. The zero-order valence-corrected chi connectivity index (χ0v) is 20.0. The number of oxime groups is 2. The average molecular weight is 455 g/mol. The van der Waals surface area contributed by atoms with Crippen LogP contribution in [0, 0.1) is 0 Å². The molecule has 6 heteroatoms. The van der Waals surface area contributed by atoms with Crippen molar-refractivity contribution in [2.45, 2.75) is 71.6 Å². The van der Waals surface area contributed by atoms with Crippen LogP contribution in [-0.2, 0) is 0 Å². The molecule has 0 fully saturated rings. The summed E-state index contributed by atoms with van der Waals surface area (Å²) < 4.78 is 11.5. The Morgan fingerprint density at radius 1 is 0.606 bits per heavy atom. The molecule has 0 saturated carbocycles. The fourth-order valence-corrected chi connectivity index (χ4v) is 3.50. The summed E-state index contributed by atoms with van der Waals surface area (Å²) in [6.45, 7) is 5.76. The first-order valence-electron chi connectivity index (χ1n) is 12.1. The minimum Gasteiger partial charge on any atom is -0.494 e. The van der Waals surface area contributed by atoms with Gasteiger partial charge in [-0.1, -0.05) is 49.8 Å². The predicted octanol–water partition coefficient (Wildman–Crippen LogP) is 7.05. The van der Waals surface area contributed by atoms with Crippen molar-refractivity contribution in [2.24, 2.45) is 10.3 Å². The molecule has 2 aromatic rings. The third kappa shape index (κ3) is 9.56. The zero-order valence-electron chi connectivity index (χ0n) is 20.0. The molecule has 0 radical (unpaired) electrons. The van der Waals surface area contributed by atoms with E-state index in [-0.39, 0.29) is 0 Å². The van der Waals surface area contributed by atoms with Gasteiger partial charge in [-0.3, -0.25) is 0 Å². The molecule has 0 aromatic heterocycles. The van der Waals surface area contributed by atoms with E-state index in [4.69, 9.17) is 9.47 Å². The number of unbranched alkanes of at least 4 members (excludes halogenated alkanes) is 4. The van der Waals surface area contributed by atoms with Crippen LogP contribution in [0.1, 0.15) is 82.8 Å². The summed E-state index contributed by atoms with van der Waals surface area (Å²) in [5.74, 6) is 1.64. The number of hydrogen-bond donors (Lipinski definition) is 2. The summed E-state index contributed by atoms with van der Waals surface area (Å²) >= 11 is 0. The van der Waals surface area contributed by atoms with Gasteiger partial charge in [0.15, 0.2) is 0 Å². The van der Waals surface area contributed by atoms with Gasteiger partial charge in [0.1, 0.15) is 11.5 Å². The maximum absolute atomic E-state index is 9.49. The van der Waals surface area contributed by atoms with E-state index in [1.165, 1.54) is 12.8 Å². The molecule has 0 amide bonds. The number of benzene rings is 2. The fourth-order valence-electron chi connectivity index (χ4n) is 3.50. The molecule has 0 spiro atoms. The second-order valence-electron chi connectivity index (χ2n) is 8.11. The number of nitrogens with zero attached hydrogens (tertiary/aromatic N) is 2. The van der Waals surface area contributed by atoms with Crippen molar-refractivity contribution < 1.29 is 19.9 Å². The van der Waals surface area contributed by atoms with Gasteiger partial charge in [0.2, 0.25) is 0 Å². The molecule has 33 heavy (non-hydrogen) atoms. The third-order valence-electron chi connectivity index (χ3n) is 5.48. The van der Waals surface area contributed by atoms with Crippen LogP contribution in [0.25, 0.3) is 0 Å². The number of hydrogen-bond acceptors (Lipinski definition) is 6. The van der Waals surface area contributed by atoms with Gasteiger partial charge >= 0.3 is 0 Å². The Morgan fingerprint density at radius 2 is 1.00 bits per heavy atom. The molecule has 0 saturated heterocycles. The van der Waals surface area contributed by atoms with Crippen molar-refractivity contribution in [3.05, 3.63) is 59.7 Å². The van der Waals surface area contributed by atoms with E-state index in [2.05, 4.69) is 24.2 Å². The molecule has 2 rings (SSSR count). The highest BCUT2D eigenvalue weighted by Gasteiger charge is 2.09. The summed E-state index contributed by atoms with van der Waals surface area (Å²) in [7, 11) is 0. The van der Waals surface area contributed by atoms with Crippen molar-refractivity contribution in [3.8, 4) is 11.5 Å². The minimum atomic E-state index is 0.560. The van der Waals surface area contributed by atoms with Gasteiger partial charge < -0.3 is 19.9 Å². The Hall–Kier alpha value is -3.02. The zero-order chi connectivity index (χ0) is 23.7. The van der Waals surface area contributed by atoms with Crippen LogP contribution in [0.3, 0.4) is 0 Å². The lowest BCUT2D eigenvalue weighted by Gasteiger charge is -2.10. The Morgan fingerprint density at radius 3 is 1.33 bits per heavy atom. The molecule has 2 aromatic carbocycles. The standard InChI is InChI=1S/C27H38N2O4/c1-3-5-7-20-32-24-16-12-22(13-17-24)26(28-30)10-9-11-27(29-31)23-14-18-25(19-15-23)33-21-8-6-4-2/h12-19,30-31H,3-11,20-21H2,1-2H3/b28-26+,29-27+. The maximum atomic E-state index is 9.49. The van der Waals surface area contributed by atoms with Crippen LogP contribution in [0.4, 0.5) is 0 Å². The highest BCUT2D eigenvalue weighted by molar-refractivity contribution is 6.02. The number of rotatable bonds is 16. The topological polar surface area (TPSA) is 83.6 Å². The molecular formula is C27H38N2O4. The molecule has 2 N–H and O–H groups in total. The smallest absolute Gasteiger partial charge is 0.119 e. The summed E-state index contributed by atoms with van der Waals surface area (Å²) in [6, 6.07) is 15.2. The van der Waals surface area contributed by atoms with Gasteiger partial charge in [-0.05, 0) is 91.8 Å². The first-order valence-corrected chi connectivity index (χ1v) is 12.1. The molecule has 6 nitrogen and oxygen atoms in total. The normalized spacial score (nSPS) is 12.1. The van der Waals surface area contributed by atoms with E-state index in [0.717, 1.165) is 48.3 Å². The van der Waals surface area contributed by atoms with E-state index in [0.29, 0.717) is 43.9 Å². The Balaban J connectivity index is 1.82. The van der Waals surface area contributed by atoms with Crippen molar-refractivity contribution in [1.29, 1.82) is 0 Å². The molecule has 0 unspecified atom stereocenters. The SMILES string of the molecule is CCCCCOc1ccc(/C(CCC/C(=N\O)c2ccc(OCCCCC)cc2)=N/O)cc1. The maximum Gasteiger partial charge on any atom is 0.119 e. The largest absolute Gasteiger partial charge is 0.494 e. The molecule has 180 valence electrons. The van der Waals surface area contributed by atoms with Gasteiger partial charge in [0, 0.05) is 0 Å². The van der Waals surface area contributed by atoms with Crippen LogP contribution >= 0.6 is 0 Å². The molecular weight excluding hydrogens is 416 g/mol. The van der Waals surface area contributed by atoms with Crippen molar-refractivity contribution in [1.82, 2.24) is 0 Å². The summed E-state index contributed by atoms with van der Waals surface area (Å²) in [5.41, 5.74) is 2.90. The molecule has 0 bridgehead atoms. The van der Waals surface area contributed by atoms with E-state index in [9.17, 15) is 10.4 Å². The van der Waals surface area contributed by atoms with Gasteiger partial charge in [0.05, 0.1) is 24.6 Å². The minimum absolute atomic E-state index is 0.560. The van der Waals surface area contributed by atoms with Crippen molar-refractivity contribution >= 4 is 11.4 Å². The van der Waals surface area contributed by atoms with E-state index >= 15 is 0 Å². The van der Waals surface area contributed by atoms with Gasteiger partial charge in [-0.25, -0.2) is 0 Å². The Bertz CT molecular complexity index is 774. The summed E-state index contributed by atoms with van der Waals surface area (Å²) in [6.07, 6.45) is 8.56. The number of ether oxygens (including phenoxy) is 2. The average Bonchev–Trinajstić information content (AvgIpc) is 2.86. The third-order valence-corrected chi connectivity index (χ3v) is 5.48. The lowest BCUT2D eigenvalue weighted by Crippen LogP contribution is -2.06. The first-order chi connectivity index (χ1) is 16.2. The fraction of sp³-hybridized carbons (Fsp3) is 0.481. The van der Waals surface area contributed by atoms with Crippen molar-refractivity contribution in [3.63, 3.8) is 0 Å². The van der Waals surface area contributed by atoms with Gasteiger partial charge in [-0.2, -0.15) is 0 Å². The second-order valence-corrected chi connectivity index (χ2v) is 8.11.